The summed E-state index contributed by atoms with van der Waals surface area (Å²) in [4.78, 5) is 40.8. The number of likely N-dealkylation sites (tertiary alicyclic amines) is 1. The Morgan fingerprint density at radius 3 is 2.48 bits per heavy atom. The first-order valence-electron chi connectivity index (χ1n) is 17.7. The van der Waals surface area contributed by atoms with E-state index in [0.717, 1.165) is 50.5 Å². The van der Waals surface area contributed by atoms with Gasteiger partial charge in [-0.15, -0.1) is 0 Å². The Morgan fingerprint density at radius 2 is 1.79 bits per heavy atom. The largest absolute Gasteiger partial charge is 0.465 e. The van der Waals surface area contributed by atoms with Crippen LogP contribution in [0.4, 0.5) is 9.59 Å². The van der Waals surface area contributed by atoms with E-state index in [-0.39, 0.29) is 53.3 Å². The van der Waals surface area contributed by atoms with Crippen LogP contribution in [0.15, 0.2) is 24.3 Å². The zero-order valence-electron chi connectivity index (χ0n) is 27.7. The standard InChI is InChI=1S/C34H50ClN5O7S/c1-34(15-16-34)47-33(44)39-17-13-24(14-18-39)29(23-7-10-25(35)11-8-23)30(38-32(42)43)31(41)37-28-6-2-4-22(28)9-12-27-20-36-26-5-3-19-48(45,46)40(27)21-26/h7-8,10-11,22,24,26-30,36,38H,2-6,9,12-21H2,1H3,(H,37,41)(H,42,43)/t22-,26-,27+,28+,29+,30-/m1/s1. The monoisotopic (exact) mass is 707 g/mol. The summed E-state index contributed by atoms with van der Waals surface area (Å²) in [6.45, 7) is 4.01. The molecule has 0 aromatic heterocycles. The molecule has 14 heteroatoms. The molecule has 5 aliphatic rings. The molecule has 2 aliphatic carbocycles. The predicted octanol–water partition coefficient (Wildman–Crippen LogP) is 4.29. The minimum Gasteiger partial charge on any atom is -0.465 e. The van der Waals surface area contributed by atoms with Crippen LogP contribution in [0.3, 0.4) is 0 Å². The Balaban J connectivity index is 1.14. The molecule has 266 valence electrons. The van der Waals surface area contributed by atoms with Gasteiger partial charge in [-0.1, -0.05) is 30.2 Å². The van der Waals surface area contributed by atoms with Crippen molar-refractivity contribution in [2.45, 2.75) is 113 Å². The lowest BCUT2D eigenvalue weighted by atomic mass is 9.75. The molecule has 1 aromatic carbocycles. The van der Waals surface area contributed by atoms with Crippen molar-refractivity contribution in [3.05, 3.63) is 34.9 Å². The van der Waals surface area contributed by atoms with E-state index < -0.39 is 28.1 Å². The predicted molar refractivity (Wildman–Crippen MR) is 181 cm³/mol. The van der Waals surface area contributed by atoms with Crippen LogP contribution in [0.5, 0.6) is 0 Å². The van der Waals surface area contributed by atoms with Crippen LogP contribution in [0.1, 0.15) is 89.0 Å². The van der Waals surface area contributed by atoms with Crippen LogP contribution in [0, 0.1) is 11.8 Å². The van der Waals surface area contributed by atoms with Crippen LogP contribution in [-0.2, 0) is 19.6 Å². The summed E-state index contributed by atoms with van der Waals surface area (Å²) >= 11 is 6.22. The fourth-order valence-corrected chi connectivity index (χ4v) is 10.3. The van der Waals surface area contributed by atoms with E-state index in [2.05, 4.69) is 16.0 Å². The van der Waals surface area contributed by atoms with Gasteiger partial charge in [0, 0.05) is 55.2 Å². The normalized spacial score (nSPS) is 30.8. The van der Waals surface area contributed by atoms with Crippen molar-refractivity contribution in [2.75, 3.05) is 31.9 Å². The minimum absolute atomic E-state index is 0.0769. The third-order valence-corrected chi connectivity index (χ3v) is 13.6. The molecular formula is C34H50ClN5O7S. The number of nitrogens with zero attached hydrogens (tertiary/aromatic N) is 2. The molecule has 12 nitrogen and oxygen atoms in total. The Labute approximate surface area is 288 Å². The number of piperazine rings is 1. The summed E-state index contributed by atoms with van der Waals surface area (Å²) in [7, 11) is -3.28. The number of amides is 3. The zero-order chi connectivity index (χ0) is 34.1. The number of halogens is 1. The van der Waals surface area contributed by atoms with Gasteiger partial charge in [0.1, 0.15) is 11.6 Å². The second-order valence-corrected chi connectivity index (χ2v) is 17.3. The quantitative estimate of drug-likeness (QED) is 0.281. The van der Waals surface area contributed by atoms with Crippen LogP contribution in [0.2, 0.25) is 5.02 Å². The maximum atomic E-state index is 14.2. The van der Waals surface area contributed by atoms with E-state index in [4.69, 9.17) is 16.3 Å². The first-order chi connectivity index (χ1) is 22.9. The lowest BCUT2D eigenvalue weighted by Gasteiger charge is -2.39. The number of sulfonamides is 1. The first kappa shape index (κ1) is 35.2. The SMILES string of the molecule is CC1(OC(=O)N2CCC([C@H](c3ccc(Cl)cc3)[C@@H](NC(=O)O)C(=O)N[C@H]3CCC[C@@H]3CC[C@H]3CN[C@@H]4CCCS(=O)(=O)N3C4)CC2)CC1. The third-order valence-electron chi connectivity index (χ3n) is 11.4. The number of nitrogens with one attached hydrogen (secondary N) is 3. The maximum Gasteiger partial charge on any atom is 0.410 e. The van der Waals surface area contributed by atoms with Gasteiger partial charge >= 0.3 is 12.2 Å². The van der Waals surface area contributed by atoms with Gasteiger partial charge in [-0.25, -0.2) is 18.0 Å². The van der Waals surface area contributed by atoms with Crippen molar-refractivity contribution in [2.24, 2.45) is 11.8 Å². The van der Waals surface area contributed by atoms with Crippen molar-refractivity contribution in [1.29, 1.82) is 0 Å². The molecule has 3 aliphatic heterocycles. The molecule has 1 unspecified atom stereocenters. The first-order valence-corrected chi connectivity index (χ1v) is 19.7. The number of carbonyl (C=O) groups excluding carboxylic acids is 2. The van der Waals surface area contributed by atoms with E-state index in [1.54, 1.807) is 21.3 Å². The Bertz CT molecular complexity index is 1430. The average molecular weight is 708 g/mol. The van der Waals surface area contributed by atoms with Crippen molar-refractivity contribution in [1.82, 2.24) is 25.2 Å². The van der Waals surface area contributed by atoms with Gasteiger partial charge in [0.05, 0.1) is 5.75 Å². The highest BCUT2D eigenvalue weighted by atomic mass is 35.5. The number of carbonyl (C=O) groups is 3. The molecule has 3 heterocycles. The summed E-state index contributed by atoms with van der Waals surface area (Å²) in [5.74, 6) is -0.559. The number of hydrogen-bond donors (Lipinski definition) is 4. The highest BCUT2D eigenvalue weighted by Gasteiger charge is 2.45. The Morgan fingerprint density at radius 1 is 1.06 bits per heavy atom. The van der Waals surface area contributed by atoms with Crippen LogP contribution >= 0.6 is 11.6 Å². The van der Waals surface area contributed by atoms with Crippen LogP contribution < -0.4 is 16.0 Å². The number of rotatable bonds is 10. The van der Waals surface area contributed by atoms with Gasteiger partial charge in [0.2, 0.25) is 15.9 Å². The van der Waals surface area contributed by atoms with Gasteiger partial charge < -0.3 is 30.7 Å². The van der Waals surface area contributed by atoms with E-state index in [0.29, 0.717) is 56.9 Å². The molecule has 7 atom stereocenters. The second kappa shape index (κ2) is 14.7. The van der Waals surface area contributed by atoms with E-state index >= 15 is 0 Å². The molecule has 3 saturated heterocycles. The number of hydrogen-bond acceptors (Lipinski definition) is 7. The fraction of sp³-hybridized carbons (Fsp3) is 0.735. The van der Waals surface area contributed by atoms with Crippen LogP contribution in [-0.4, -0.2) is 103 Å². The number of carboxylic acid groups (broad SMARTS) is 1. The van der Waals surface area contributed by atoms with Gasteiger partial charge in [-0.05, 0) is 101 Å². The van der Waals surface area contributed by atoms with E-state index in [1.165, 1.54) is 0 Å². The van der Waals surface area contributed by atoms with Gasteiger partial charge in [0.15, 0.2) is 0 Å². The maximum absolute atomic E-state index is 14.2. The molecule has 1 aromatic rings. The topological polar surface area (TPSA) is 157 Å². The molecule has 48 heavy (non-hydrogen) atoms. The lowest BCUT2D eigenvalue weighted by Crippen LogP contribution is -2.57. The lowest BCUT2D eigenvalue weighted by molar-refractivity contribution is -0.125. The molecule has 2 bridgehead atoms. The van der Waals surface area contributed by atoms with Gasteiger partial charge in [-0.2, -0.15) is 4.31 Å². The third kappa shape index (κ3) is 8.39. The van der Waals surface area contributed by atoms with E-state index in [1.807, 2.05) is 19.1 Å². The number of piperidine rings is 1. The zero-order valence-corrected chi connectivity index (χ0v) is 29.3. The van der Waals surface area contributed by atoms with Crippen molar-refractivity contribution >= 4 is 39.7 Å². The van der Waals surface area contributed by atoms with Gasteiger partial charge in [-0.3, -0.25) is 4.79 Å². The molecule has 6 rings (SSSR count). The van der Waals surface area contributed by atoms with Crippen molar-refractivity contribution in [3.63, 3.8) is 0 Å². The molecule has 4 N–H and O–H groups in total. The number of ether oxygens (including phenoxy) is 1. The molecule has 5 fully saturated rings. The molecule has 2 saturated carbocycles. The molecule has 0 radical (unpaired) electrons. The van der Waals surface area contributed by atoms with Crippen molar-refractivity contribution < 1.29 is 32.6 Å². The summed E-state index contributed by atoms with van der Waals surface area (Å²) in [6, 6.07) is 6.12. The fourth-order valence-electron chi connectivity index (χ4n) is 8.36. The summed E-state index contributed by atoms with van der Waals surface area (Å²) in [6.07, 6.45) is 6.99. The summed E-state index contributed by atoms with van der Waals surface area (Å²) in [5, 5.41) is 19.8. The van der Waals surface area contributed by atoms with E-state index in [9.17, 15) is 27.9 Å². The van der Waals surface area contributed by atoms with Crippen LogP contribution in [0.25, 0.3) is 0 Å². The number of benzene rings is 1. The smallest absolute Gasteiger partial charge is 0.410 e. The molecule has 3 amide bonds. The average Bonchev–Trinajstić information content (AvgIpc) is 3.64. The number of fused-ring (bicyclic) bond motifs is 2. The Kier molecular flexibility index (Phi) is 10.8. The molecule has 0 spiro atoms. The minimum atomic E-state index is -3.28. The molecular weight excluding hydrogens is 658 g/mol. The highest BCUT2D eigenvalue weighted by Crippen LogP contribution is 2.41. The highest BCUT2D eigenvalue weighted by molar-refractivity contribution is 7.89. The van der Waals surface area contributed by atoms with Crippen molar-refractivity contribution in [3.8, 4) is 0 Å². The summed E-state index contributed by atoms with van der Waals surface area (Å²) in [5.41, 5.74) is 0.442. The second-order valence-electron chi connectivity index (χ2n) is 14.8. The Hall–Kier alpha value is -2.61. The van der Waals surface area contributed by atoms with Gasteiger partial charge in [0.25, 0.3) is 0 Å². The summed E-state index contributed by atoms with van der Waals surface area (Å²) < 4.78 is 33.4.